The Kier molecular flexibility index (Phi) is 5.02. The summed E-state index contributed by atoms with van der Waals surface area (Å²) < 4.78 is 5.64. The van der Waals surface area contributed by atoms with Crippen LogP contribution in [-0.4, -0.2) is 30.8 Å². The average molecular weight is 298 g/mol. The van der Waals surface area contributed by atoms with Crippen molar-refractivity contribution in [3.05, 3.63) is 34.9 Å². The topological polar surface area (TPSA) is 58.6 Å². The fraction of sp³-hybridized carbons (Fsp3) is 0.533. The molecule has 20 heavy (non-hydrogen) atoms. The minimum atomic E-state index is -0.945. The molecule has 2 unspecified atom stereocenters. The Morgan fingerprint density at radius 2 is 2.25 bits per heavy atom. The van der Waals surface area contributed by atoms with E-state index in [2.05, 4.69) is 5.32 Å². The molecule has 5 heteroatoms. The molecular formula is C15H20ClNO3. The third-order valence-electron chi connectivity index (χ3n) is 4.05. The quantitative estimate of drug-likeness (QED) is 0.877. The summed E-state index contributed by atoms with van der Waals surface area (Å²) in [7, 11) is 1.88. The van der Waals surface area contributed by atoms with E-state index < -0.39 is 11.5 Å². The number of aliphatic carboxylic acids is 1. The molecule has 0 radical (unpaired) electrons. The highest BCUT2D eigenvalue weighted by Crippen LogP contribution is 2.41. The molecule has 2 N–H and O–H groups in total. The maximum atomic E-state index is 10.8. The highest BCUT2D eigenvalue weighted by Gasteiger charge is 2.43. The minimum Gasteiger partial charge on any atom is -0.480 e. The van der Waals surface area contributed by atoms with Crippen molar-refractivity contribution in [2.45, 2.75) is 37.3 Å². The van der Waals surface area contributed by atoms with E-state index in [1.165, 1.54) is 0 Å². The Labute approximate surface area is 124 Å². The summed E-state index contributed by atoms with van der Waals surface area (Å²) in [5.74, 6) is -0.945. The van der Waals surface area contributed by atoms with Crippen molar-refractivity contribution in [2.24, 2.45) is 0 Å². The highest BCUT2D eigenvalue weighted by molar-refractivity contribution is 6.31. The second-order valence-electron chi connectivity index (χ2n) is 5.14. The maximum absolute atomic E-state index is 10.8. The van der Waals surface area contributed by atoms with Gasteiger partial charge in [-0.3, -0.25) is 0 Å². The molecule has 0 spiro atoms. The summed E-state index contributed by atoms with van der Waals surface area (Å²) >= 11 is 6.34. The number of carboxylic acid groups (broad SMARTS) is 1. The van der Waals surface area contributed by atoms with Crippen LogP contribution in [0.3, 0.4) is 0 Å². The molecule has 110 valence electrons. The molecule has 0 saturated heterocycles. The predicted octanol–water partition coefficient (Wildman–Crippen LogP) is 2.80. The number of benzene rings is 1. The largest absolute Gasteiger partial charge is 0.480 e. The number of carboxylic acids is 1. The van der Waals surface area contributed by atoms with Crippen LogP contribution in [0.1, 0.15) is 31.2 Å². The first-order chi connectivity index (χ1) is 9.60. The minimum absolute atomic E-state index is 0.183. The SMILES string of the molecule is CNC1(c2ccccc2Cl)CCCCC1OCC(=O)O. The first kappa shape index (κ1) is 15.3. The van der Waals surface area contributed by atoms with Crippen LogP contribution >= 0.6 is 11.6 Å². The predicted molar refractivity (Wildman–Crippen MR) is 78.0 cm³/mol. The van der Waals surface area contributed by atoms with Crippen molar-refractivity contribution in [3.8, 4) is 0 Å². The third kappa shape index (κ3) is 2.97. The van der Waals surface area contributed by atoms with E-state index in [4.69, 9.17) is 21.4 Å². The van der Waals surface area contributed by atoms with Gasteiger partial charge in [-0.05, 0) is 31.5 Å². The number of likely N-dealkylation sites (N-methyl/N-ethyl adjacent to an activating group) is 1. The van der Waals surface area contributed by atoms with Crippen LogP contribution in [0.5, 0.6) is 0 Å². The zero-order valence-corrected chi connectivity index (χ0v) is 12.3. The number of rotatable bonds is 5. The van der Waals surface area contributed by atoms with Crippen LogP contribution in [0.25, 0.3) is 0 Å². The lowest BCUT2D eigenvalue weighted by Crippen LogP contribution is -2.53. The molecule has 1 aliphatic carbocycles. The van der Waals surface area contributed by atoms with Gasteiger partial charge in [0.15, 0.2) is 0 Å². The Hall–Kier alpha value is -1.10. The summed E-state index contributed by atoms with van der Waals surface area (Å²) in [5, 5.41) is 12.9. The summed E-state index contributed by atoms with van der Waals surface area (Å²) in [4.78, 5) is 10.8. The van der Waals surface area contributed by atoms with E-state index in [1.54, 1.807) is 0 Å². The average Bonchev–Trinajstić information content (AvgIpc) is 2.46. The number of hydrogen-bond acceptors (Lipinski definition) is 3. The zero-order valence-electron chi connectivity index (χ0n) is 11.6. The fourth-order valence-electron chi connectivity index (χ4n) is 3.09. The van der Waals surface area contributed by atoms with Gasteiger partial charge >= 0.3 is 5.97 Å². The Morgan fingerprint density at radius 1 is 1.50 bits per heavy atom. The molecule has 2 rings (SSSR count). The molecule has 0 heterocycles. The molecule has 0 amide bonds. The van der Waals surface area contributed by atoms with Gasteiger partial charge in [0.05, 0.1) is 11.6 Å². The number of ether oxygens (including phenoxy) is 1. The third-order valence-corrected chi connectivity index (χ3v) is 4.38. The van der Waals surface area contributed by atoms with E-state index in [1.807, 2.05) is 31.3 Å². The van der Waals surface area contributed by atoms with Crippen molar-refractivity contribution < 1.29 is 14.6 Å². The van der Waals surface area contributed by atoms with Crippen molar-refractivity contribution >= 4 is 17.6 Å². The molecule has 1 saturated carbocycles. The zero-order chi connectivity index (χ0) is 14.6. The summed E-state index contributed by atoms with van der Waals surface area (Å²) in [6, 6.07) is 7.69. The molecule has 1 fully saturated rings. The van der Waals surface area contributed by atoms with Gasteiger partial charge in [0.25, 0.3) is 0 Å². The number of halogens is 1. The smallest absolute Gasteiger partial charge is 0.329 e. The van der Waals surface area contributed by atoms with Crippen LogP contribution < -0.4 is 5.32 Å². The molecule has 4 nitrogen and oxygen atoms in total. The summed E-state index contributed by atoms with van der Waals surface area (Å²) in [5.41, 5.74) is 0.575. The van der Waals surface area contributed by atoms with E-state index in [-0.39, 0.29) is 12.7 Å². The van der Waals surface area contributed by atoms with Crippen LogP contribution in [0.15, 0.2) is 24.3 Å². The molecule has 0 aliphatic heterocycles. The lowest BCUT2D eigenvalue weighted by molar-refractivity contribution is -0.147. The van der Waals surface area contributed by atoms with E-state index in [0.29, 0.717) is 5.02 Å². The van der Waals surface area contributed by atoms with Gasteiger partial charge in [-0.1, -0.05) is 42.6 Å². The molecule has 1 aromatic rings. The number of carbonyl (C=O) groups is 1. The Balaban J connectivity index is 2.33. The second-order valence-corrected chi connectivity index (χ2v) is 5.55. The highest BCUT2D eigenvalue weighted by atomic mass is 35.5. The van der Waals surface area contributed by atoms with Gasteiger partial charge in [-0.2, -0.15) is 0 Å². The van der Waals surface area contributed by atoms with Crippen LogP contribution in [0.4, 0.5) is 0 Å². The Bertz CT molecular complexity index is 480. The molecule has 0 aromatic heterocycles. The molecule has 0 bridgehead atoms. The van der Waals surface area contributed by atoms with Crippen LogP contribution in [0, 0.1) is 0 Å². The lowest BCUT2D eigenvalue weighted by Gasteiger charge is -2.44. The van der Waals surface area contributed by atoms with E-state index in [9.17, 15) is 4.79 Å². The standard InChI is InChI=1S/C15H20ClNO3/c1-17-15(11-6-2-3-7-12(11)16)9-5-4-8-13(15)20-10-14(18)19/h2-3,6-7,13,17H,4-5,8-10H2,1H3,(H,18,19). The molecule has 1 aromatic carbocycles. The second kappa shape index (κ2) is 6.57. The molecule has 1 aliphatic rings. The van der Waals surface area contributed by atoms with Gasteiger partial charge < -0.3 is 15.2 Å². The number of nitrogens with one attached hydrogen (secondary N) is 1. The fourth-order valence-corrected chi connectivity index (χ4v) is 3.39. The van der Waals surface area contributed by atoms with Gasteiger partial charge in [-0.15, -0.1) is 0 Å². The summed E-state index contributed by atoms with van der Waals surface area (Å²) in [6.07, 6.45) is 3.64. The van der Waals surface area contributed by atoms with Crippen molar-refractivity contribution in [1.29, 1.82) is 0 Å². The first-order valence-electron chi connectivity index (χ1n) is 6.87. The van der Waals surface area contributed by atoms with E-state index in [0.717, 1.165) is 31.2 Å². The van der Waals surface area contributed by atoms with Crippen molar-refractivity contribution in [1.82, 2.24) is 5.32 Å². The summed E-state index contributed by atoms with van der Waals surface area (Å²) in [6.45, 7) is -0.279. The lowest BCUT2D eigenvalue weighted by atomic mass is 9.74. The van der Waals surface area contributed by atoms with Crippen LogP contribution in [-0.2, 0) is 15.1 Å². The number of hydrogen-bond donors (Lipinski definition) is 2. The molecular weight excluding hydrogens is 278 g/mol. The Morgan fingerprint density at radius 3 is 2.90 bits per heavy atom. The van der Waals surface area contributed by atoms with E-state index >= 15 is 0 Å². The van der Waals surface area contributed by atoms with Gasteiger partial charge in [0.2, 0.25) is 0 Å². The van der Waals surface area contributed by atoms with Crippen molar-refractivity contribution in [2.75, 3.05) is 13.7 Å². The van der Waals surface area contributed by atoms with Gasteiger partial charge in [0, 0.05) is 5.02 Å². The normalized spacial score (nSPS) is 26.4. The van der Waals surface area contributed by atoms with Crippen LogP contribution in [0.2, 0.25) is 5.02 Å². The van der Waals surface area contributed by atoms with Gasteiger partial charge in [0.1, 0.15) is 6.61 Å². The molecule has 2 atom stereocenters. The van der Waals surface area contributed by atoms with Gasteiger partial charge in [-0.25, -0.2) is 4.79 Å². The monoisotopic (exact) mass is 297 g/mol. The first-order valence-corrected chi connectivity index (χ1v) is 7.25. The maximum Gasteiger partial charge on any atom is 0.329 e. The van der Waals surface area contributed by atoms with Crippen molar-refractivity contribution in [3.63, 3.8) is 0 Å².